The number of hydrogen-bond donors (Lipinski definition) is 1. The Kier molecular flexibility index (Phi) is 3.49. The van der Waals surface area contributed by atoms with Crippen LogP contribution in [0.15, 0.2) is 28.7 Å². The van der Waals surface area contributed by atoms with E-state index in [-0.39, 0.29) is 6.61 Å². The van der Waals surface area contributed by atoms with Crippen LogP contribution in [-0.4, -0.2) is 22.0 Å². The second kappa shape index (κ2) is 4.89. The van der Waals surface area contributed by atoms with Gasteiger partial charge in [-0.15, -0.1) is 0 Å². The fourth-order valence-electron chi connectivity index (χ4n) is 1.70. The molecule has 0 unspecified atom stereocenters. The summed E-state index contributed by atoms with van der Waals surface area (Å²) in [6.45, 7) is -0.0504. The van der Waals surface area contributed by atoms with Crippen molar-refractivity contribution in [1.82, 2.24) is 9.78 Å². The van der Waals surface area contributed by atoms with E-state index in [1.165, 1.54) is 0 Å². The molecule has 0 radical (unpaired) electrons. The van der Waals surface area contributed by atoms with Crippen molar-refractivity contribution in [2.75, 3.05) is 7.11 Å². The van der Waals surface area contributed by atoms with Crippen LogP contribution in [-0.2, 0) is 13.7 Å². The van der Waals surface area contributed by atoms with Crippen LogP contribution in [0.3, 0.4) is 0 Å². The molecule has 0 spiro atoms. The summed E-state index contributed by atoms with van der Waals surface area (Å²) < 4.78 is 7.83. The molecule has 0 bridgehead atoms. The first kappa shape index (κ1) is 12.1. The summed E-state index contributed by atoms with van der Waals surface area (Å²) in [5.41, 5.74) is 2.64. The Hall–Kier alpha value is -1.33. The van der Waals surface area contributed by atoms with E-state index < -0.39 is 0 Å². The first-order valence-electron chi connectivity index (χ1n) is 5.13. The van der Waals surface area contributed by atoms with Gasteiger partial charge in [-0.3, -0.25) is 4.68 Å². The van der Waals surface area contributed by atoms with Gasteiger partial charge in [-0.1, -0.05) is 0 Å². The highest BCUT2D eigenvalue weighted by Crippen LogP contribution is 2.30. The van der Waals surface area contributed by atoms with Gasteiger partial charge in [0.15, 0.2) is 0 Å². The molecule has 0 aliphatic rings. The average Bonchev–Trinajstić information content (AvgIpc) is 2.70. The first-order valence-corrected chi connectivity index (χ1v) is 5.92. The molecule has 0 aliphatic heterocycles. The molecule has 1 aromatic heterocycles. The lowest BCUT2D eigenvalue weighted by Gasteiger charge is -2.06. The van der Waals surface area contributed by atoms with Crippen molar-refractivity contribution in [3.8, 4) is 17.0 Å². The Bertz CT molecular complexity index is 537. The van der Waals surface area contributed by atoms with E-state index in [9.17, 15) is 0 Å². The summed E-state index contributed by atoms with van der Waals surface area (Å²) in [6.07, 6.45) is 0. The number of ether oxygens (including phenoxy) is 1. The molecule has 0 aliphatic carbocycles. The summed E-state index contributed by atoms with van der Waals surface area (Å²) in [6, 6.07) is 7.69. The zero-order valence-electron chi connectivity index (χ0n) is 9.64. The highest BCUT2D eigenvalue weighted by molar-refractivity contribution is 9.10. The van der Waals surface area contributed by atoms with Crippen molar-refractivity contribution >= 4 is 15.9 Å². The Labute approximate surface area is 108 Å². The fraction of sp³-hybridized carbons (Fsp3) is 0.250. The van der Waals surface area contributed by atoms with Gasteiger partial charge >= 0.3 is 0 Å². The smallest absolute Gasteiger partial charge is 0.133 e. The van der Waals surface area contributed by atoms with Crippen molar-refractivity contribution in [3.05, 3.63) is 34.4 Å². The first-order chi connectivity index (χ1) is 8.15. The van der Waals surface area contributed by atoms with E-state index in [1.807, 2.05) is 31.3 Å². The van der Waals surface area contributed by atoms with Gasteiger partial charge in [0.05, 0.1) is 29.6 Å². The number of hydrogen-bond acceptors (Lipinski definition) is 3. The maximum absolute atomic E-state index is 9.05. The number of benzene rings is 1. The van der Waals surface area contributed by atoms with E-state index in [2.05, 4.69) is 21.0 Å². The van der Waals surface area contributed by atoms with Crippen LogP contribution < -0.4 is 4.74 Å². The van der Waals surface area contributed by atoms with Gasteiger partial charge in [0.1, 0.15) is 5.75 Å². The standard InChI is InChI=1S/C12H13BrN2O2/c1-15-11(6-9(7-16)14-15)8-3-4-12(17-2)10(13)5-8/h3-6,16H,7H2,1-2H3. The molecular weight excluding hydrogens is 284 g/mol. The molecule has 1 aromatic carbocycles. The molecule has 2 aromatic rings. The molecule has 0 amide bonds. The van der Waals surface area contributed by atoms with Crippen LogP contribution in [0.5, 0.6) is 5.75 Å². The zero-order chi connectivity index (χ0) is 12.4. The summed E-state index contributed by atoms with van der Waals surface area (Å²) in [4.78, 5) is 0. The van der Waals surface area contributed by atoms with Gasteiger partial charge in [-0.25, -0.2) is 0 Å². The molecule has 4 nitrogen and oxygen atoms in total. The maximum atomic E-state index is 9.05. The Balaban J connectivity index is 2.45. The second-order valence-corrected chi connectivity index (χ2v) is 4.51. The van der Waals surface area contributed by atoms with Crippen molar-refractivity contribution in [2.24, 2.45) is 7.05 Å². The molecule has 90 valence electrons. The van der Waals surface area contributed by atoms with Crippen molar-refractivity contribution in [2.45, 2.75) is 6.61 Å². The quantitative estimate of drug-likeness (QED) is 0.946. The number of rotatable bonds is 3. The summed E-state index contributed by atoms with van der Waals surface area (Å²) >= 11 is 3.45. The van der Waals surface area contributed by atoms with Gasteiger partial charge in [0, 0.05) is 12.6 Å². The SMILES string of the molecule is COc1ccc(-c2cc(CO)nn2C)cc1Br. The minimum Gasteiger partial charge on any atom is -0.496 e. The number of methoxy groups -OCH3 is 1. The van der Waals surface area contributed by atoms with Crippen LogP contribution in [0.1, 0.15) is 5.69 Å². The van der Waals surface area contributed by atoms with Gasteiger partial charge in [0.2, 0.25) is 0 Å². The fourth-order valence-corrected chi connectivity index (χ4v) is 2.24. The van der Waals surface area contributed by atoms with Crippen LogP contribution in [0, 0.1) is 0 Å². The van der Waals surface area contributed by atoms with Gasteiger partial charge in [-0.2, -0.15) is 5.10 Å². The molecular formula is C12H13BrN2O2. The minimum absolute atomic E-state index is 0.0504. The normalized spacial score (nSPS) is 10.6. The molecule has 2 rings (SSSR count). The van der Waals surface area contributed by atoms with Crippen LogP contribution in [0.25, 0.3) is 11.3 Å². The lowest BCUT2D eigenvalue weighted by atomic mass is 10.1. The average molecular weight is 297 g/mol. The number of aromatic nitrogens is 2. The molecule has 0 saturated heterocycles. The van der Waals surface area contributed by atoms with Crippen molar-refractivity contribution < 1.29 is 9.84 Å². The summed E-state index contributed by atoms with van der Waals surface area (Å²) in [5.74, 6) is 0.790. The van der Waals surface area contributed by atoms with Crippen molar-refractivity contribution in [3.63, 3.8) is 0 Å². The van der Waals surface area contributed by atoms with Crippen LogP contribution >= 0.6 is 15.9 Å². The molecule has 0 saturated carbocycles. The molecule has 17 heavy (non-hydrogen) atoms. The zero-order valence-corrected chi connectivity index (χ0v) is 11.2. The number of aliphatic hydroxyl groups excluding tert-OH is 1. The molecule has 1 heterocycles. The third-order valence-corrected chi connectivity index (χ3v) is 3.16. The minimum atomic E-state index is -0.0504. The van der Waals surface area contributed by atoms with Crippen LogP contribution in [0.2, 0.25) is 0 Å². The third kappa shape index (κ3) is 2.35. The second-order valence-electron chi connectivity index (χ2n) is 3.65. The number of nitrogens with zero attached hydrogens (tertiary/aromatic N) is 2. The topological polar surface area (TPSA) is 47.3 Å². The summed E-state index contributed by atoms with van der Waals surface area (Å²) in [5, 5.41) is 13.3. The van der Waals surface area contributed by atoms with E-state index >= 15 is 0 Å². The largest absolute Gasteiger partial charge is 0.496 e. The maximum Gasteiger partial charge on any atom is 0.133 e. The lowest BCUT2D eigenvalue weighted by Crippen LogP contribution is -1.95. The van der Waals surface area contributed by atoms with E-state index in [1.54, 1.807) is 11.8 Å². The number of aryl methyl sites for hydroxylation is 1. The lowest BCUT2D eigenvalue weighted by molar-refractivity contribution is 0.275. The van der Waals surface area contributed by atoms with E-state index in [0.29, 0.717) is 5.69 Å². The van der Waals surface area contributed by atoms with Gasteiger partial charge < -0.3 is 9.84 Å². The third-order valence-electron chi connectivity index (χ3n) is 2.54. The van der Waals surface area contributed by atoms with Crippen molar-refractivity contribution in [1.29, 1.82) is 0 Å². The predicted molar refractivity (Wildman–Crippen MR) is 68.8 cm³/mol. The van der Waals surface area contributed by atoms with E-state index in [0.717, 1.165) is 21.5 Å². The highest BCUT2D eigenvalue weighted by Gasteiger charge is 2.09. The molecule has 1 N–H and O–H groups in total. The number of halogens is 1. The highest BCUT2D eigenvalue weighted by atomic mass is 79.9. The van der Waals surface area contributed by atoms with Gasteiger partial charge in [0.25, 0.3) is 0 Å². The monoisotopic (exact) mass is 296 g/mol. The van der Waals surface area contributed by atoms with E-state index in [4.69, 9.17) is 9.84 Å². The van der Waals surface area contributed by atoms with Crippen LogP contribution in [0.4, 0.5) is 0 Å². The molecule has 0 fully saturated rings. The molecule has 5 heteroatoms. The Morgan fingerprint density at radius 3 is 2.71 bits per heavy atom. The number of aliphatic hydroxyl groups is 1. The Morgan fingerprint density at radius 2 is 2.18 bits per heavy atom. The predicted octanol–water partition coefficient (Wildman–Crippen LogP) is 2.35. The summed E-state index contributed by atoms with van der Waals surface area (Å²) in [7, 11) is 3.49. The Morgan fingerprint density at radius 1 is 1.41 bits per heavy atom. The molecule has 0 atom stereocenters. The van der Waals surface area contributed by atoms with Gasteiger partial charge in [-0.05, 0) is 40.2 Å².